The minimum Gasteiger partial charge on any atom is -0.378 e. The lowest BCUT2D eigenvalue weighted by Crippen LogP contribution is -2.25. The molecule has 23 heavy (non-hydrogen) atoms. The molecule has 1 aromatic carbocycles. The van der Waals surface area contributed by atoms with Gasteiger partial charge in [-0.1, -0.05) is 12.1 Å². The SMILES string of the molecule is CCN(CC)c1nc(N)c([N+](=O)[O-])c(Nc2ccccc2F)n1. The van der Waals surface area contributed by atoms with Crippen LogP contribution in [0.25, 0.3) is 0 Å². The first-order chi connectivity index (χ1) is 11.0. The monoisotopic (exact) mass is 320 g/mol. The quantitative estimate of drug-likeness (QED) is 0.622. The number of para-hydroxylation sites is 1. The van der Waals surface area contributed by atoms with E-state index in [4.69, 9.17) is 5.73 Å². The predicted octanol–water partition coefficient (Wildman–Crippen LogP) is 2.70. The number of hydrogen-bond donors (Lipinski definition) is 2. The van der Waals surface area contributed by atoms with Crippen molar-refractivity contribution in [1.29, 1.82) is 0 Å². The molecule has 3 N–H and O–H groups in total. The van der Waals surface area contributed by atoms with E-state index in [1.165, 1.54) is 18.2 Å². The Morgan fingerprint density at radius 2 is 1.96 bits per heavy atom. The van der Waals surface area contributed by atoms with Crippen LogP contribution in [0.2, 0.25) is 0 Å². The van der Waals surface area contributed by atoms with Crippen molar-refractivity contribution in [3.63, 3.8) is 0 Å². The molecule has 8 nitrogen and oxygen atoms in total. The summed E-state index contributed by atoms with van der Waals surface area (Å²) < 4.78 is 13.8. The number of rotatable bonds is 6. The summed E-state index contributed by atoms with van der Waals surface area (Å²) in [5.74, 6) is -0.722. The van der Waals surface area contributed by atoms with Gasteiger partial charge >= 0.3 is 5.69 Å². The van der Waals surface area contributed by atoms with E-state index in [9.17, 15) is 14.5 Å². The molecule has 0 fully saturated rings. The van der Waals surface area contributed by atoms with Crippen molar-refractivity contribution in [2.24, 2.45) is 0 Å². The second kappa shape index (κ2) is 6.86. The van der Waals surface area contributed by atoms with Gasteiger partial charge in [-0.15, -0.1) is 0 Å². The van der Waals surface area contributed by atoms with E-state index in [0.717, 1.165) is 0 Å². The Balaban J connectivity index is 2.54. The van der Waals surface area contributed by atoms with E-state index in [1.54, 1.807) is 11.0 Å². The summed E-state index contributed by atoms with van der Waals surface area (Å²) in [5.41, 5.74) is 5.30. The molecular formula is C14H17FN6O2. The van der Waals surface area contributed by atoms with Gasteiger partial charge < -0.3 is 16.0 Å². The minimum absolute atomic E-state index is 0.0687. The summed E-state index contributed by atoms with van der Waals surface area (Å²) in [7, 11) is 0. The summed E-state index contributed by atoms with van der Waals surface area (Å²) in [6, 6.07) is 5.82. The number of benzene rings is 1. The van der Waals surface area contributed by atoms with E-state index in [0.29, 0.717) is 13.1 Å². The summed E-state index contributed by atoms with van der Waals surface area (Å²) in [6.45, 7) is 5.00. The Bertz CT molecular complexity index is 720. The molecule has 0 atom stereocenters. The Hall–Kier alpha value is -2.97. The van der Waals surface area contributed by atoms with Crippen LogP contribution < -0.4 is 16.0 Å². The van der Waals surface area contributed by atoms with Crippen LogP contribution in [-0.2, 0) is 0 Å². The maximum absolute atomic E-state index is 13.8. The fourth-order valence-electron chi connectivity index (χ4n) is 2.07. The van der Waals surface area contributed by atoms with Gasteiger partial charge in [0, 0.05) is 13.1 Å². The zero-order valence-corrected chi connectivity index (χ0v) is 12.8. The first kappa shape index (κ1) is 16.4. The average Bonchev–Trinajstić information content (AvgIpc) is 2.50. The molecule has 0 bridgehead atoms. The van der Waals surface area contributed by atoms with Crippen molar-refractivity contribution in [2.75, 3.05) is 29.0 Å². The zero-order valence-electron chi connectivity index (χ0n) is 12.8. The van der Waals surface area contributed by atoms with Crippen LogP contribution in [0.3, 0.4) is 0 Å². The van der Waals surface area contributed by atoms with E-state index in [1.807, 2.05) is 13.8 Å². The number of nitrogens with two attached hydrogens (primary N) is 1. The molecule has 0 aliphatic rings. The van der Waals surface area contributed by atoms with Crippen LogP contribution in [0.15, 0.2) is 24.3 Å². The third-order valence-electron chi connectivity index (χ3n) is 3.25. The molecule has 1 aromatic heterocycles. The number of nitro groups is 1. The first-order valence-corrected chi connectivity index (χ1v) is 7.06. The molecule has 9 heteroatoms. The van der Waals surface area contributed by atoms with Crippen LogP contribution in [0, 0.1) is 15.9 Å². The van der Waals surface area contributed by atoms with Crippen molar-refractivity contribution in [1.82, 2.24) is 9.97 Å². The van der Waals surface area contributed by atoms with Gasteiger partial charge in [0.2, 0.25) is 17.6 Å². The molecule has 2 rings (SSSR count). The van der Waals surface area contributed by atoms with Gasteiger partial charge in [0.15, 0.2) is 0 Å². The van der Waals surface area contributed by atoms with Crippen LogP contribution in [0.4, 0.5) is 33.3 Å². The second-order valence-electron chi connectivity index (χ2n) is 4.64. The lowest BCUT2D eigenvalue weighted by atomic mass is 10.3. The van der Waals surface area contributed by atoms with Crippen LogP contribution in [0.5, 0.6) is 0 Å². The van der Waals surface area contributed by atoms with Crippen molar-refractivity contribution in [2.45, 2.75) is 13.8 Å². The lowest BCUT2D eigenvalue weighted by molar-refractivity contribution is -0.383. The summed E-state index contributed by atoms with van der Waals surface area (Å²) in [5, 5.41) is 13.9. The summed E-state index contributed by atoms with van der Waals surface area (Å²) in [6.07, 6.45) is 0. The van der Waals surface area contributed by atoms with Gasteiger partial charge in [0.05, 0.1) is 10.6 Å². The van der Waals surface area contributed by atoms with Crippen LogP contribution >= 0.6 is 0 Å². The molecule has 0 unspecified atom stereocenters. The van der Waals surface area contributed by atoms with Crippen LogP contribution in [0.1, 0.15) is 13.8 Å². The maximum atomic E-state index is 13.8. The smallest absolute Gasteiger partial charge is 0.353 e. The highest BCUT2D eigenvalue weighted by Crippen LogP contribution is 2.32. The number of aromatic nitrogens is 2. The van der Waals surface area contributed by atoms with Crippen molar-refractivity contribution < 1.29 is 9.31 Å². The number of nitrogen functional groups attached to an aromatic ring is 1. The highest BCUT2D eigenvalue weighted by Gasteiger charge is 2.25. The predicted molar refractivity (Wildman–Crippen MR) is 86.3 cm³/mol. The van der Waals surface area contributed by atoms with E-state index >= 15 is 0 Å². The Morgan fingerprint density at radius 3 is 2.52 bits per heavy atom. The molecule has 0 saturated heterocycles. The number of hydrogen-bond acceptors (Lipinski definition) is 7. The highest BCUT2D eigenvalue weighted by atomic mass is 19.1. The Morgan fingerprint density at radius 1 is 1.30 bits per heavy atom. The molecule has 0 aliphatic carbocycles. The second-order valence-corrected chi connectivity index (χ2v) is 4.64. The lowest BCUT2D eigenvalue weighted by Gasteiger charge is -2.19. The third kappa shape index (κ3) is 3.44. The maximum Gasteiger partial charge on any atom is 0.353 e. The Kier molecular flexibility index (Phi) is 4.89. The highest BCUT2D eigenvalue weighted by molar-refractivity contribution is 5.74. The van der Waals surface area contributed by atoms with Crippen molar-refractivity contribution >= 4 is 29.0 Å². The molecular weight excluding hydrogens is 303 g/mol. The van der Waals surface area contributed by atoms with Gasteiger partial charge in [-0.2, -0.15) is 9.97 Å². The molecule has 0 spiro atoms. The molecule has 0 radical (unpaired) electrons. The Labute approximate surface area is 132 Å². The number of nitrogens with zero attached hydrogens (tertiary/aromatic N) is 4. The largest absolute Gasteiger partial charge is 0.378 e. The number of anilines is 4. The van der Waals surface area contributed by atoms with Gasteiger partial charge in [-0.25, -0.2) is 4.39 Å². The van der Waals surface area contributed by atoms with E-state index in [2.05, 4.69) is 15.3 Å². The fourth-order valence-corrected chi connectivity index (χ4v) is 2.07. The molecule has 2 aromatic rings. The molecule has 122 valence electrons. The molecule has 0 saturated carbocycles. The molecule has 0 amide bonds. The topological polar surface area (TPSA) is 110 Å². The van der Waals surface area contributed by atoms with Gasteiger partial charge in [0.25, 0.3) is 0 Å². The molecule has 1 heterocycles. The molecule has 0 aliphatic heterocycles. The summed E-state index contributed by atoms with van der Waals surface area (Å²) >= 11 is 0. The summed E-state index contributed by atoms with van der Waals surface area (Å²) in [4.78, 5) is 20.5. The van der Waals surface area contributed by atoms with E-state index in [-0.39, 0.29) is 23.3 Å². The standard InChI is InChI=1S/C14H17FN6O2/c1-3-20(4-2)14-18-12(16)11(21(22)23)13(19-14)17-10-8-6-5-7-9(10)15/h5-8H,3-4H2,1-2H3,(H3,16,17,18,19). The van der Waals surface area contributed by atoms with Crippen LogP contribution in [-0.4, -0.2) is 28.0 Å². The normalized spacial score (nSPS) is 10.4. The average molecular weight is 320 g/mol. The number of halogens is 1. The minimum atomic E-state index is -0.690. The first-order valence-electron chi connectivity index (χ1n) is 7.06. The van der Waals surface area contributed by atoms with Crippen molar-refractivity contribution in [3.8, 4) is 0 Å². The fraction of sp³-hybridized carbons (Fsp3) is 0.286. The zero-order chi connectivity index (χ0) is 17.0. The van der Waals surface area contributed by atoms with Gasteiger partial charge in [-0.3, -0.25) is 10.1 Å². The number of nitrogens with one attached hydrogen (secondary N) is 1. The van der Waals surface area contributed by atoms with Gasteiger partial charge in [0.1, 0.15) is 5.82 Å². The van der Waals surface area contributed by atoms with Crippen molar-refractivity contribution in [3.05, 3.63) is 40.2 Å². The van der Waals surface area contributed by atoms with Gasteiger partial charge in [-0.05, 0) is 26.0 Å². The van der Waals surface area contributed by atoms with E-state index < -0.39 is 16.4 Å². The third-order valence-corrected chi connectivity index (χ3v) is 3.25.